The first-order valence-corrected chi connectivity index (χ1v) is 8.33. The molecule has 1 N–H and O–H groups in total. The number of ketones is 1. The van der Waals surface area contributed by atoms with Crippen molar-refractivity contribution in [3.63, 3.8) is 0 Å². The fourth-order valence-electron chi connectivity index (χ4n) is 1.68. The van der Waals surface area contributed by atoms with E-state index in [0.29, 0.717) is 10.7 Å². The minimum Gasteiger partial charge on any atom is -0.460 e. The number of hydrogen-bond donors (Lipinski definition) is 1. The number of ether oxygens (including phenoxy) is 1. The predicted molar refractivity (Wildman–Crippen MR) is 96.4 cm³/mol. The smallest absolute Gasteiger partial charge is 0.382 e. The molecule has 0 unspecified atom stereocenters. The second-order valence-corrected chi connectivity index (χ2v) is 6.00. The summed E-state index contributed by atoms with van der Waals surface area (Å²) in [5, 5.41) is 4.57. The van der Waals surface area contributed by atoms with Crippen LogP contribution < -0.4 is 5.43 Å². The maximum atomic E-state index is 12.2. The van der Waals surface area contributed by atoms with Gasteiger partial charge in [0.25, 0.3) is 5.78 Å². The van der Waals surface area contributed by atoms with Crippen LogP contribution in [-0.2, 0) is 14.3 Å². The fraction of sp³-hybridized carbons (Fsp3) is 0.118. The van der Waals surface area contributed by atoms with E-state index in [1.54, 1.807) is 31.2 Å². The number of carbonyl (C=O) groups is 2. The third-order valence-corrected chi connectivity index (χ3v) is 3.94. The van der Waals surface area contributed by atoms with Crippen molar-refractivity contribution in [2.24, 2.45) is 5.10 Å². The first-order chi connectivity index (χ1) is 11.6. The zero-order valence-electron chi connectivity index (χ0n) is 12.9. The Kier molecular flexibility index (Phi) is 6.84. The van der Waals surface area contributed by atoms with Crippen LogP contribution >= 0.6 is 23.4 Å². The van der Waals surface area contributed by atoms with Crippen molar-refractivity contribution in [1.29, 1.82) is 0 Å². The number of hydrogen-bond acceptors (Lipinski definition) is 6. The number of Topliss-reactive ketones (excluding diaryl/α,β-unsaturated/α-hetero) is 1. The van der Waals surface area contributed by atoms with E-state index in [2.05, 4.69) is 10.5 Å². The van der Waals surface area contributed by atoms with Crippen LogP contribution in [0.4, 0.5) is 5.69 Å². The highest BCUT2D eigenvalue weighted by molar-refractivity contribution is 8.16. The first kappa shape index (κ1) is 18.0. The second-order valence-electron chi connectivity index (χ2n) is 4.50. The average molecular weight is 363 g/mol. The Bertz CT molecular complexity index is 751. The lowest BCUT2D eigenvalue weighted by molar-refractivity contribution is -0.150. The molecule has 0 aliphatic carbocycles. The summed E-state index contributed by atoms with van der Waals surface area (Å²) in [5.74, 6) is -1.74. The third-order valence-electron chi connectivity index (χ3n) is 2.72. The van der Waals surface area contributed by atoms with Crippen LogP contribution in [0.1, 0.15) is 6.92 Å². The summed E-state index contributed by atoms with van der Waals surface area (Å²) in [6, 6.07) is 16.0. The molecule has 24 heavy (non-hydrogen) atoms. The number of halogens is 1. The minimum atomic E-state index is -0.937. The van der Waals surface area contributed by atoms with E-state index in [0.717, 1.165) is 16.7 Å². The number of anilines is 1. The molecule has 0 radical (unpaired) electrons. The molecule has 124 valence electrons. The lowest BCUT2D eigenvalue weighted by atomic mass is 10.3. The quantitative estimate of drug-likeness (QED) is 0.210. The topological polar surface area (TPSA) is 67.8 Å². The molecule has 0 fully saturated rings. The van der Waals surface area contributed by atoms with Crippen molar-refractivity contribution in [2.75, 3.05) is 12.0 Å². The van der Waals surface area contributed by atoms with Gasteiger partial charge in [0.2, 0.25) is 0 Å². The molecule has 0 saturated carbocycles. The van der Waals surface area contributed by atoms with E-state index in [4.69, 9.17) is 16.3 Å². The van der Waals surface area contributed by atoms with Crippen LogP contribution in [0.15, 0.2) is 64.6 Å². The summed E-state index contributed by atoms with van der Waals surface area (Å²) in [4.78, 5) is 24.7. The van der Waals surface area contributed by atoms with Gasteiger partial charge in [-0.25, -0.2) is 4.79 Å². The van der Waals surface area contributed by atoms with Gasteiger partial charge >= 0.3 is 5.97 Å². The Balaban J connectivity index is 2.22. The van der Waals surface area contributed by atoms with Crippen LogP contribution in [-0.4, -0.2) is 23.4 Å². The Morgan fingerprint density at radius 1 is 1.17 bits per heavy atom. The van der Waals surface area contributed by atoms with Crippen molar-refractivity contribution in [3.8, 4) is 0 Å². The Hall–Kier alpha value is -2.31. The highest BCUT2D eigenvalue weighted by atomic mass is 35.5. The van der Waals surface area contributed by atoms with Gasteiger partial charge in [-0.05, 0) is 37.3 Å². The number of benzene rings is 2. The van der Waals surface area contributed by atoms with Crippen molar-refractivity contribution in [1.82, 2.24) is 0 Å². The molecule has 7 heteroatoms. The molecule has 5 nitrogen and oxygen atoms in total. The largest absolute Gasteiger partial charge is 0.460 e. The van der Waals surface area contributed by atoms with Gasteiger partial charge in [0.05, 0.1) is 12.3 Å². The van der Waals surface area contributed by atoms with Crippen LogP contribution in [0.2, 0.25) is 5.02 Å². The highest BCUT2D eigenvalue weighted by Gasteiger charge is 2.23. The number of hydrazone groups is 1. The van der Waals surface area contributed by atoms with Crippen molar-refractivity contribution in [2.45, 2.75) is 11.8 Å². The van der Waals surface area contributed by atoms with Crippen LogP contribution in [0.3, 0.4) is 0 Å². The lowest BCUT2D eigenvalue weighted by Gasteiger charge is -2.07. The second kappa shape index (κ2) is 9.10. The summed E-state index contributed by atoms with van der Waals surface area (Å²) in [7, 11) is 0. The van der Waals surface area contributed by atoms with E-state index < -0.39 is 11.8 Å². The monoisotopic (exact) mass is 362 g/mol. The van der Waals surface area contributed by atoms with Gasteiger partial charge in [-0.3, -0.25) is 10.2 Å². The Morgan fingerprint density at radius 2 is 1.92 bits per heavy atom. The lowest BCUT2D eigenvalue weighted by Crippen LogP contribution is -2.25. The molecular formula is C17H15ClN2O3S. The fourth-order valence-corrected chi connectivity index (χ4v) is 2.65. The van der Waals surface area contributed by atoms with Crippen LogP contribution in [0.5, 0.6) is 0 Å². The van der Waals surface area contributed by atoms with Crippen LogP contribution in [0.25, 0.3) is 0 Å². The molecule has 2 aromatic rings. The van der Waals surface area contributed by atoms with Gasteiger partial charge in [0, 0.05) is 9.92 Å². The van der Waals surface area contributed by atoms with E-state index >= 15 is 0 Å². The summed E-state index contributed by atoms with van der Waals surface area (Å²) in [5.41, 5.74) is 3.34. The molecule has 0 heterocycles. The average Bonchev–Trinajstić information content (AvgIpc) is 2.59. The first-order valence-electron chi connectivity index (χ1n) is 7.13. The number of rotatable bonds is 6. The number of carbonyl (C=O) groups excluding carboxylic acids is 2. The molecule has 0 aromatic heterocycles. The number of thioether (sulfide) groups is 1. The third kappa shape index (κ3) is 5.40. The standard InChI is InChI=1S/C17H15ClN2O3S/c1-2-23-17(22)15(21)16(24-14-9-4-3-5-10-14)20-19-13-8-6-7-12(18)11-13/h3-11,19H,2H2,1H3/b20-16+. The van der Waals surface area contributed by atoms with Gasteiger partial charge in [-0.1, -0.05) is 47.6 Å². The number of nitrogens with zero attached hydrogens (tertiary/aromatic N) is 1. The molecule has 0 aliphatic rings. The molecule has 0 saturated heterocycles. The van der Waals surface area contributed by atoms with Gasteiger partial charge in [0.1, 0.15) is 0 Å². The molecule has 0 aliphatic heterocycles. The maximum Gasteiger partial charge on any atom is 0.382 e. The predicted octanol–water partition coefficient (Wildman–Crippen LogP) is 3.99. The molecule has 2 rings (SSSR count). The van der Waals surface area contributed by atoms with Gasteiger partial charge < -0.3 is 4.74 Å². The summed E-state index contributed by atoms with van der Waals surface area (Å²) < 4.78 is 4.76. The van der Waals surface area contributed by atoms with E-state index in [1.165, 1.54) is 0 Å². The molecule has 0 bridgehead atoms. The van der Waals surface area contributed by atoms with Crippen molar-refractivity contribution < 1.29 is 14.3 Å². The number of nitrogens with one attached hydrogen (secondary N) is 1. The van der Waals surface area contributed by atoms with Gasteiger partial charge in [-0.15, -0.1) is 0 Å². The zero-order chi connectivity index (χ0) is 17.4. The number of esters is 1. The van der Waals surface area contributed by atoms with E-state index in [9.17, 15) is 9.59 Å². The van der Waals surface area contributed by atoms with Crippen LogP contribution in [0, 0.1) is 0 Å². The van der Waals surface area contributed by atoms with E-state index in [1.807, 2.05) is 30.3 Å². The molecular weight excluding hydrogens is 348 g/mol. The molecule has 0 spiro atoms. The Morgan fingerprint density at radius 3 is 2.58 bits per heavy atom. The molecule has 0 atom stereocenters. The van der Waals surface area contributed by atoms with Gasteiger partial charge in [0.15, 0.2) is 5.04 Å². The normalized spacial score (nSPS) is 11.0. The van der Waals surface area contributed by atoms with Crippen molar-refractivity contribution >= 4 is 45.8 Å². The zero-order valence-corrected chi connectivity index (χ0v) is 14.4. The molecule has 2 aromatic carbocycles. The van der Waals surface area contributed by atoms with Crippen molar-refractivity contribution in [3.05, 3.63) is 59.6 Å². The Labute approximate surface area is 149 Å². The van der Waals surface area contributed by atoms with E-state index in [-0.39, 0.29) is 11.7 Å². The SMILES string of the molecule is CCOC(=O)C(=O)/C(=N\Nc1cccc(Cl)c1)Sc1ccccc1. The molecule has 0 amide bonds. The maximum absolute atomic E-state index is 12.2. The van der Waals surface area contributed by atoms with Gasteiger partial charge in [-0.2, -0.15) is 5.10 Å². The highest BCUT2D eigenvalue weighted by Crippen LogP contribution is 2.21. The summed E-state index contributed by atoms with van der Waals surface area (Å²) >= 11 is 6.99. The minimum absolute atomic E-state index is 0.0142. The summed E-state index contributed by atoms with van der Waals surface area (Å²) in [6.07, 6.45) is 0. The summed E-state index contributed by atoms with van der Waals surface area (Å²) in [6.45, 7) is 1.76.